The molecule has 0 aliphatic rings. The van der Waals surface area contributed by atoms with Crippen LogP contribution in [0.5, 0.6) is 0 Å². The molecule has 0 bridgehead atoms. The highest BCUT2D eigenvalue weighted by Crippen LogP contribution is 2.09. The Bertz CT molecular complexity index is 123. The molecule has 0 spiro atoms. The van der Waals surface area contributed by atoms with E-state index in [9.17, 15) is 0 Å². The lowest BCUT2D eigenvalue weighted by atomic mass is 10.1. The van der Waals surface area contributed by atoms with Gasteiger partial charge in [0.2, 0.25) is 0 Å². The molecule has 124 valence electrons. The van der Waals surface area contributed by atoms with Crippen LogP contribution in [0, 0.1) is 0 Å². The average Bonchev–Trinajstić information content (AvgIpc) is 2.47. The smallest absolute Gasteiger partial charge is 0.0431 e. The summed E-state index contributed by atoms with van der Waals surface area (Å²) in [7, 11) is 0. The van der Waals surface area contributed by atoms with E-state index in [0.717, 1.165) is 12.8 Å². The van der Waals surface area contributed by atoms with Crippen molar-refractivity contribution in [1.82, 2.24) is 0 Å². The highest BCUT2D eigenvalue weighted by atomic mass is 16.3. The van der Waals surface area contributed by atoms with Crippen LogP contribution in [0.15, 0.2) is 0 Å². The Morgan fingerprint density at radius 1 is 0.400 bits per heavy atom. The minimum Gasteiger partial charge on any atom is -0.396 e. The Hall–Kier alpha value is -0.0800. The van der Waals surface area contributed by atoms with Crippen molar-refractivity contribution >= 4 is 0 Å². The van der Waals surface area contributed by atoms with Gasteiger partial charge in [0.1, 0.15) is 0 Å². The van der Waals surface area contributed by atoms with Crippen LogP contribution in [-0.4, -0.2) is 23.4 Å². The Morgan fingerprint density at radius 2 is 0.650 bits per heavy atom. The van der Waals surface area contributed by atoms with Gasteiger partial charge in [-0.15, -0.1) is 0 Å². The van der Waals surface area contributed by atoms with Gasteiger partial charge in [-0.3, -0.25) is 0 Å². The van der Waals surface area contributed by atoms with E-state index in [0.29, 0.717) is 13.2 Å². The largest absolute Gasteiger partial charge is 0.396 e. The number of hydrogen-bond acceptors (Lipinski definition) is 2. The predicted octanol–water partition coefficient (Wildman–Crippen LogP) is 5.46. The first-order valence-electron chi connectivity index (χ1n) is 9.05. The van der Waals surface area contributed by atoms with Crippen molar-refractivity contribution in [2.24, 2.45) is 0 Å². The standard InChI is InChI=1S/C12H26O.C6H14O/c1-2-3-4-5-6-7-8-9-10-11-12-13;1-2-3-4-5-6-7/h13H,2-12H2,1H3;7H,2-6H2,1H3. The number of rotatable bonds is 14. The molecule has 2 N–H and O–H groups in total. The maximum atomic E-state index is 8.57. The molecule has 0 radical (unpaired) electrons. The monoisotopic (exact) mass is 288 g/mol. The zero-order valence-electron chi connectivity index (χ0n) is 14.2. The van der Waals surface area contributed by atoms with Crippen LogP contribution < -0.4 is 0 Å². The maximum Gasteiger partial charge on any atom is 0.0431 e. The van der Waals surface area contributed by atoms with Crippen LogP contribution in [0.4, 0.5) is 0 Å². The first-order valence-corrected chi connectivity index (χ1v) is 9.05. The van der Waals surface area contributed by atoms with Crippen molar-refractivity contribution in [1.29, 1.82) is 0 Å². The summed E-state index contributed by atoms with van der Waals surface area (Å²) in [6, 6.07) is 0. The van der Waals surface area contributed by atoms with Gasteiger partial charge in [-0.1, -0.05) is 90.9 Å². The van der Waals surface area contributed by atoms with E-state index in [1.54, 1.807) is 0 Å². The molecule has 0 aliphatic heterocycles. The molecule has 0 saturated carbocycles. The van der Waals surface area contributed by atoms with Crippen LogP contribution >= 0.6 is 0 Å². The molecular formula is C18H40O2. The minimum absolute atomic E-state index is 0.361. The zero-order chi connectivity index (χ0) is 15.3. The molecule has 0 unspecified atom stereocenters. The lowest BCUT2D eigenvalue weighted by Gasteiger charge is -2.00. The third kappa shape index (κ3) is 26.5. The fourth-order valence-corrected chi connectivity index (χ4v) is 2.14. The molecule has 0 aromatic rings. The fourth-order valence-electron chi connectivity index (χ4n) is 2.14. The van der Waals surface area contributed by atoms with E-state index >= 15 is 0 Å². The molecule has 0 atom stereocenters. The molecule has 0 rings (SSSR count). The molecule has 0 fully saturated rings. The number of aliphatic hydroxyl groups is 2. The zero-order valence-corrected chi connectivity index (χ0v) is 14.2. The second-order valence-corrected chi connectivity index (χ2v) is 5.69. The normalized spacial score (nSPS) is 10.2. The van der Waals surface area contributed by atoms with Gasteiger partial charge in [0.05, 0.1) is 0 Å². The fraction of sp³-hybridized carbons (Fsp3) is 1.00. The first-order chi connectivity index (χ1) is 9.83. The third-order valence-corrected chi connectivity index (χ3v) is 3.52. The van der Waals surface area contributed by atoms with Crippen LogP contribution in [0.25, 0.3) is 0 Å². The topological polar surface area (TPSA) is 40.5 Å². The van der Waals surface area contributed by atoms with Gasteiger partial charge in [0.25, 0.3) is 0 Å². The van der Waals surface area contributed by atoms with E-state index in [4.69, 9.17) is 10.2 Å². The summed E-state index contributed by atoms with van der Waals surface area (Å²) >= 11 is 0. The SMILES string of the molecule is CCCCCCCCCCCCO.CCCCCCO. The molecule has 0 aromatic carbocycles. The maximum absolute atomic E-state index is 8.57. The van der Waals surface area contributed by atoms with Gasteiger partial charge < -0.3 is 10.2 Å². The molecular weight excluding hydrogens is 248 g/mol. The minimum atomic E-state index is 0.361. The van der Waals surface area contributed by atoms with E-state index in [1.165, 1.54) is 77.0 Å². The molecule has 0 saturated heterocycles. The van der Waals surface area contributed by atoms with Crippen LogP contribution in [0.2, 0.25) is 0 Å². The summed E-state index contributed by atoms with van der Waals surface area (Å²) in [5.74, 6) is 0. The number of hydrogen-bond donors (Lipinski definition) is 2. The predicted molar refractivity (Wildman–Crippen MR) is 90.2 cm³/mol. The van der Waals surface area contributed by atoms with E-state index in [-0.39, 0.29) is 0 Å². The van der Waals surface area contributed by atoms with Crippen molar-refractivity contribution in [3.8, 4) is 0 Å². The molecule has 0 aliphatic carbocycles. The summed E-state index contributed by atoms with van der Waals surface area (Å²) in [4.78, 5) is 0. The molecule has 2 nitrogen and oxygen atoms in total. The molecule has 2 heteroatoms. The summed E-state index contributed by atoms with van der Waals surface area (Å²) in [6.45, 7) is 5.16. The van der Waals surface area contributed by atoms with Crippen molar-refractivity contribution < 1.29 is 10.2 Å². The Labute approximate surface area is 128 Å². The van der Waals surface area contributed by atoms with Crippen molar-refractivity contribution in [3.63, 3.8) is 0 Å². The highest BCUT2D eigenvalue weighted by Gasteiger charge is 1.91. The molecule has 0 aromatic heterocycles. The average molecular weight is 289 g/mol. The molecule has 0 heterocycles. The van der Waals surface area contributed by atoms with Gasteiger partial charge in [-0.2, -0.15) is 0 Å². The van der Waals surface area contributed by atoms with Crippen molar-refractivity contribution in [2.75, 3.05) is 13.2 Å². The van der Waals surface area contributed by atoms with Crippen molar-refractivity contribution in [3.05, 3.63) is 0 Å². The van der Waals surface area contributed by atoms with Gasteiger partial charge in [0.15, 0.2) is 0 Å². The highest BCUT2D eigenvalue weighted by molar-refractivity contribution is 4.46. The van der Waals surface area contributed by atoms with Gasteiger partial charge in [-0.05, 0) is 12.8 Å². The summed E-state index contributed by atoms with van der Waals surface area (Å²) in [5.41, 5.74) is 0. The molecule has 20 heavy (non-hydrogen) atoms. The Balaban J connectivity index is 0. The van der Waals surface area contributed by atoms with E-state index in [2.05, 4.69) is 13.8 Å². The lowest BCUT2D eigenvalue weighted by Crippen LogP contribution is -1.84. The second-order valence-electron chi connectivity index (χ2n) is 5.69. The number of aliphatic hydroxyl groups excluding tert-OH is 2. The number of unbranched alkanes of at least 4 members (excludes halogenated alkanes) is 12. The van der Waals surface area contributed by atoms with Crippen LogP contribution in [0.3, 0.4) is 0 Å². The Kier molecular flexibility index (Phi) is 26.6. The van der Waals surface area contributed by atoms with E-state index < -0.39 is 0 Å². The third-order valence-electron chi connectivity index (χ3n) is 3.52. The molecule has 0 amide bonds. The second kappa shape index (κ2) is 24.0. The van der Waals surface area contributed by atoms with Gasteiger partial charge in [-0.25, -0.2) is 0 Å². The van der Waals surface area contributed by atoms with Crippen LogP contribution in [-0.2, 0) is 0 Å². The van der Waals surface area contributed by atoms with E-state index in [1.807, 2.05) is 0 Å². The first kappa shape index (κ1) is 22.2. The Morgan fingerprint density at radius 3 is 0.950 bits per heavy atom. The lowest BCUT2D eigenvalue weighted by molar-refractivity contribution is 0.282. The van der Waals surface area contributed by atoms with Gasteiger partial charge in [0, 0.05) is 13.2 Å². The van der Waals surface area contributed by atoms with Crippen molar-refractivity contribution in [2.45, 2.75) is 104 Å². The quantitative estimate of drug-likeness (QED) is 0.417. The van der Waals surface area contributed by atoms with Gasteiger partial charge >= 0.3 is 0 Å². The summed E-state index contributed by atoms with van der Waals surface area (Å²) < 4.78 is 0. The van der Waals surface area contributed by atoms with Crippen LogP contribution in [0.1, 0.15) is 104 Å². The summed E-state index contributed by atoms with van der Waals surface area (Å²) in [6.07, 6.45) is 18.0. The summed E-state index contributed by atoms with van der Waals surface area (Å²) in [5, 5.41) is 16.9.